The van der Waals surface area contributed by atoms with Crippen molar-refractivity contribution < 1.29 is 9.53 Å². The second-order valence-corrected chi connectivity index (χ2v) is 9.75. The van der Waals surface area contributed by atoms with Gasteiger partial charge >= 0.3 is 0 Å². The molecule has 0 fully saturated rings. The normalized spacial score (nSPS) is 11.1. The summed E-state index contributed by atoms with van der Waals surface area (Å²) in [6.07, 6.45) is 10.9. The van der Waals surface area contributed by atoms with Crippen LogP contribution in [0.25, 0.3) is 5.52 Å². The van der Waals surface area contributed by atoms with Gasteiger partial charge in [0.2, 0.25) is 5.78 Å². The van der Waals surface area contributed by atoms with Gasteiger partial charge in [-0.1, -0.05) is 57.7 Å². The number of unbranched alkanes of at least 4 members (excludes halogenated alkanes) is 3. The summed E-state index contributed by atoms with van der Waals surface area (Å²) in [6.45, 7) is 10.6. The van der Waals surface area contributed by atoms with Crippen molar-refractivity contribution in [1.82, 2.24) is 9.30 Å². The second kappa shape index (κ2) is 16.0. The quantitative estimate of drug-likeness (QED) is 0.137. The Bertz CT molecular complexity index is 1070. The van der Waals surface area contributed by atoms with Crippen LogP contribution in [0.2, 0.25) is 5.02 Å². The largest absolute Gasteiger partial charge is 0.492 e. The van der Waals surface area contributed by atoms with Gasteiger partial charge in [-0.3, -0.25) is 4.79 Å². The SMILES string of the molecule is CCCCc1cc2ccccn2c1C(=O)c1ccc(OCCCN(CCCC)CCCC)c(Cl)c1.Cl. The first-order valence-electron chi connectivity index (χ1n) is 13.4. The van der Waals surface area contributed by atoms with E-state index in [0.29, 0.717) is 22.9 Å². The third kappa shape index (κ3) is 8.26. The van der Waals surface area contributed by atoms with Crippen molar-refractivity contribution in [1.29, 1.82) is 0 Å². The molecule has 3 rings (SSSR count). The summed E-state index contributed by atoms with van der Waals surface area (Å²) in [7, 11) is 0. The predicted octanol–water partition coefficient (Wildman–Crippen LogP) is 8.26. The number of carbonyl (C=O) groups excluding carboxylic acids is 1. The number of rotatable bonds is 16. The molecule has 0 atom stereocenters. The van der Waals surface area contributed by atoms with Gasteiger partial charge in [0.05, 0.1) is 17.3 Å². The highest BCUT2D eigenvalue weighted by Gasteiger charge is 2.20. The molecule has 0 radical (unpaired) electrons. The number of hydrogen-bond acceptors (Lipinski definition) is 3. The Balaban J connectivity index is 0.00000456. The molecule has 0 bridgehead atoms. The highest BCUT2D eigenvalue weighted by atomic mass is 35.5. The molecule has 0 aliphatic carbocycles. The lowest BCUT2D eigenvalue weighted by Gasteiger charge is -2.22. The van der Waals surface area contributed by atoms with Crippen LogP contribution >= 0.6 is 24.0 Å². The molecule has 198 valence electrons. The number of halogens is 2. The number of benzene rings is 1. The van der Waals surface area contributed by atoms with Gasteiger partial charge in [0, 0.05) is 23.8 Å². The molecule has 4 nitrogen and oxygen atoms in total. The number of ether oxygens (including phenoxy) is 1. The average molecular weight is 534 g/mol. The van der Waals surface area contributed by atoms with Crippen molar-refractivity contribution in [2.24, 2.45) is 0 Å². The highest BCUT2D eigenvalue weighted by molar-refractivity contribution is 6.32. The first kappa shape index (κ1) is 30.2. The fourth-order valence-electron chi connectivity index (χ4n) is 4.46. The molecule has 3 aromatic rings. The summed E-state index contributed by atoms with van der Waals surface area (Å²) in [6, 6.07) is 13.6. The number of aryl methyl sites for hydroxylation is 1. The van der Waals surface area contributed by atoms with Crippen molar-refractivity contribution in [3.8, 4) is 5.75 Å². The maximum absolute atomic E-state index is 13.6. The van der Waals surface area contributed by atoms with Gasteiger partial charge < -0.3 is 14.0 Å². The van der Waals surface area contributed by atoms with Crippen LogP contribution in [0, 0.1) is 0 Å². The fourth-order valence-corrected chi connectivity index (χ4v) is 4.69. The first-order chi connectivity index (χ1) is 17.1. The minimum Gasteiger partial charge on any atom is -0.492 e. The van der Waals surface area contributed by atoms with Crippen molar-refractivity contribution in [2.45, 2.75) is 72.1 Å². The van der Waals surface area contributed by atoms with Gasteiger partial charge in [-0.15, -0.1) is 12.4 Å². The smallest absolute Gasteiger partial charge is 0.210 e. The summed E-state index contributed by atoms with van der Waals surface area (Å²) in [5.41, 5.74) is 3.46. The molecule has 0 aliphatic heterocycles. The molecule has 0 spiro atoms. The minimum absolute atomic E-state index is 0. The Morgan fingerprint density at radius 2 is 1.61 bits per heavy atom. The van der Waals surface area contributed by atoms with Crippen LogP contribution in [-0.2, 0) is 6.42 Å². The maximum atomic E-state index is 13.6. The van der Waals surface area contributed by atoms with Crippen molar-refractivity contribution in [3.63, 3.8) is 0 Å². The van der Waals surface area contributed by atoms with Crippen molar-refractivity contribution in [3.05, 3.63) is 70.5 Å². The Labute approximate surface area is 228 Å². The van der Waals surface area contributed by atoms with E-state index in [4.69, 9.17) is 16.3 Å². The molecule has 0 saturated carbocycles. The molecule has 36 heavy (non-hydrogen) atoms. The number of ketones is 1. The third-order valence-corrected chi connectivity index (χ3v) is 6.79. The summed E-state index contributed by atoms with van der Waals surface area (Å²) >= 11 is 6.56. The lowest BCUT2D eigenvalue weighted by atomic mass is 10.0. The van der Waals surface area contributed by atoms with Gasteiger partial charge in [0.25, 0.3) is 0 Å². The van der Waals surface area contributed by atoms with Crippen LogP contribution in [0.15, 0.2) is 48.7 Å². The second-order valence-electron chi connectivity index (χ2n) is 9.34. The minimum atomic E-state index is -0.00163. The number of nitrogens with zero attached hydrogens (tertiary/aromatic N) is 2. The molecule has 2 heterocycles. The van der Waals surface area contributed by atoms with E-state index in [0.717, 1.165) is 62.1 Å². The van der Waals surface area contributed by atoms with Crippen LogP contribution in [-0.4, -0.2) is 41.3 Å². The molecule has 6 heteroatoms. The standard InChI is InChI=1S/C30H41ClN2O2.ClH/c1-4-7-13-24-22-26-14-10-11-20-33(26)29(24)30(34)25-15-16-28(27(31)23-25)35-21-12-19-32(17-8-5-2)18-9-6-3;/h10-11,14-16,20,22-23H,4-9,12-13,17-19,21H2,1-3H3;1H. The number of pyridine rings is 1. The van der Waals surface area contributed by atoms with Crippen molar-refractivity contribution >= 4 is 35.3 Å². The maximum Gasteiger partial charge on any atom is 0.210 e. The molecule has 0 N–H and O–H groups in total. The van der Waals surface area contributed by atoms with Gasteiger partial charge in [-0.25, -0.2) is 0 Å². The van der Waals surface area contributed by atoms with E-state index in [2.05, 4.69) is 31.7 Å². The predicted molar refractivity (Wildman–Crippen MR) is 155 cm³/mol. The monoisotopic (exact) mass is 532 g/mol. The zero-order chi connectivity index (χ0) is 25.0. The van der Waals surface area contributed by atoms with Gasteiger partial charge in [-0.05, 0) is 87.2 Å². The van der Waals surface area contributed by atoms with E-state index in [1.54, 1.807) is 6.07 Å². The summed E-state index contributed by atoms with van der Waals surface area (Å²) < 4.78 is 7.99. The van der Waals surface area contributed by atoms with Gasteiger partial charge in [0.15, 0.2) is 0 Å². The highest BCUT2D eigenvalue weighted by Crippen LogP contribution is 2.28. The van der Waals surface area contributed by atoms with E-state index in [1.807, 2.05) is 40.9 Å². The Morgan fingerprint density at radius 1 is 0.917 bits per heavy atom. The van der Waals surface area contributed by atoms with Crippen LogP contribution in [0.4, 0.5) is 0 Å². The number of fused-ring (bicyclic) bond motifs is 1. The van der Waals surface area contributed by atoms with E-state index in [1.165, 1.54) is 25.7 Å². The van der Waals surface area contributed by atoms with Crippen LogP contribution in [0.5, 0.6) is 5.75 Å². The zero-order valence-corrected chi connectivity index (χ0v) is 23.7. The zero-order valence-electron chi connectivity index (χ0n) is 22.1. The van der Waals surface area contributed by atoms with E-state index in [9.17, 15) is 4.79 Å². The lowest BCUT2D eigenvalue weighted by molar-refractivity contribution is 0.103. The number of carbonyl (C=O) groups is 1. The van der Waals surface area contributed by atoms with Gasteiger partial charge in [0.1, 0.15) is 5.75 Å². The summed E-state index contributed by atoms with van der Waals surface area (Å²) in [5.74, 6) is 0.640. The molecule has 0 saturated heterocycles. The topological polar surface area (TPSA) is 34.0 Å². The van der Waals surface area contributed by atoms with Crippen molar-refractivity contribution in [2.75, 3.05) is 26.2 Å². The molecular weight excluding hydrogens is 491 g/mol. The van der Waals surface area contributed by atoms with E-state index < -0.39 is 0 Å². The summed E-state index contributed by atoms with van der Waals surface area (Å²) in [4.78, 5) is 16.1. The summed E-state index contributed by atoms with van der Waals surface area (Å²) in [5, 5.41) is 0.487. The van der Waals surface area contributed by atoms with Crippen LogP contribution in [0.1, 0.15) is 87.3 Å². The Kier molecular flexibility index (Phi) is 13.4. The molecular formula is C30H42Cl2N2O2. The van der Waals surface area contributed by atoms with Crippen LogP contribution < -0.4 is 4.74 Å². The Hall–Kier alpha value is -2.01. The molecule has 0 unspecified atom stereocenters. The van der Waals surface area contributed by atoms with E-state index >= 15 is 0 Å². The van der Waals surface area contributed by atoms with E-state index in [-0.39, 0.29) is 18.2 Å². The Morgan fingerprint density at radius 3 is 2.28 bits per heavy atom. The molecule has 0 aliphatic rings. The molecule has 0 amide bonds. The average Bonchev–Trinajstić information content (AvgIpc) is 3.24. The first-order valence-corrected chi connectivity index (χ1v) is 13.7. The molecule has 1 aromatic carbocycles. The number of hydrogen-bond donors (Lipinski definition) is 0. The fraction of sp³-hybridized carbons (Fsp3) is 0.500. The number of aromatic nitrogens is 1. The van der Waals surface area contributed by atoms with Crippen LogP contribution in [0.3, 0.4) is 0 Å². The van der Waals surface area contributed by atoms with Gasteiger partial charge in [-0.2, -0.15) is 0 Å². The molecule has 2 aromatic heterocycles. The third-order valence-electron chi connectivity index (χ3n) is 6.50. The lowest BCUT2D eigenvalue weighted by Crippen LogP contribution is -2.28.